The summed E-state index contributed by atoms with van der Waals surface area (Å²) in [5.41, 5.74) is 0.501. The first-order valence-corrected chi connectivity index (χ1v) is 7.41. The lowest BCUT2D eigenvalue weighted by Gasteiger charge is -2.29. The van der Waals surface area contributed by atoms with Gasteiger partial charge in [-0.3, -0.25) is 4.79 Å². The van der Waals surface area contributed by atoms with Crippen LogP contribution in [0.4, 0.5) is 0 Å². The average molecular weight is 292 g/mol. The monoisotopic (exact) mass is 292 g/mol. The lowest BCUT2D eigenvalue weighted by molar-refractivity contribution is 0.0942. The van der Waals surface area contributed by atoms with E-state index in [-0.39, 0.29) is 5.91 Å². The van der Waals surface area contributed by atoms with Gasteiger partial charge in [-0.1, -0.05) is 12.5 Å². The van der Waals surface area contributed by atoms with E-state index >= 15 is 0 Å². The van der Waals surface area contributed by atoms with E-state index in [1.54, 1.807) is 32.4 Å². The van der Waals surface area contributed by atoms with Crippen molar-refractivity contribution >= 4 is 5.91 Å². The van der Waals surface area contributed by atoms with Crippen molar-refractivity contribution in [2.45, 2.75) is 38.3 Å². The Hall–Kier alpha value is -1.75. The molecule has 2 atom stereocenters. The Morgan fingerprint density at radius 2 is 2.14 bits per heavy atom. The number of para-hydroxylation sites is 1. The summed E-state index contributed by atoms with van der Waals surface area (Å²) in [6.45, 7) is 2.81. The fraction of sp³-hybridized carbons (Fsp3) is 0.562. The minimum absolute atomic E-state index is 0.134. The van der Waals surface area contributed by atoms with Crippen LogP contribution in [0.25, 0.3) is 0 Å². The van der Waals surface area contributed by atoms with E-state index < -0.39 is 0 Å². The third-order valence-electron chi connectivity index (χ3n) is 3.87. The number of methoxy groups -OCH3 is 2. The Balaban J connectivity index is 2.00. The molecule has 0 radical (unpaired) electrons. The Kier molecular flexibility index (Phi) is 5.44. The molecule has 5 nitrogen and oxygen atoms in total. The standard InChI is InChI=1S/C16H24N2O3/c1-11-6-4-7-12(18-11)10-17-16(19)13-8-5-9-14(20-2)15(13)21-3/h5,8-9,11-12,18H,4,6-7,10H2,1-3H3,(H,17,19). The number of hydrogen-bond acceptors (Lipinski definition) is 4. The summed E-state index contributed by atoms with van der Waals surface area (Å²) < 4.78 is 10.5. The van der Waals surface area contributed by atoms with Crippen LogP contribution in [0.3, 0.4) is 0 Å². The van der Waals surface area contributed by atoms with Crippen LogP contribution in [0.15, 0.2) is 18.2 Å². The first-order chi connectivity index (χ1) is 10.2. The second-order valence-corrected chi connectivity index (χ2v) is 5.45. The number of hydrogen-bond donors (Lipinski definition) is 2. The van der Waals surface area contributed by atoms with Gasteiger partial charge >= 0.3 is 0 Å². The minimum atomic E-state index is -0.134. The number of benzene rings is 1. The van der Waals surface area contributed by atoms with Gasteiger partial charge in [0.2, 0.25) is 0 Å². The van der Waals surface area contributed by atoms with Gasteiger partial charge in [-0.05, 0) is 31.9 Å². The summed E-state index contributed by atoms with van der Waals surface area (Å²) >= 11 is 0. The number of piperidine rings is 1. The summed E-state index contributed by atoms with van der Waals surface area (Å²) in [7, 11) is 3.10. The van der Waals surface area contributed by atoms with Crippen LogP contribution in [-0.2, 0) is 0 Å². The SMILES string of the molecule is COc1cccc(C(=O)NCC2CCCC(C)N2)c1OC. The lowest BCUT2D eigenvalue weighted by atomic mass is 9.99. The van der Waals surface area contributed by atoms with Crippen LogP contribution in [0.2, 0.25) is 0 Å². The molecule has 21 heavy (non-hydrogen) atoms. The number of ether oxygens (including phenoxy) is 2. The molecule has 1 heterocycles. The van der Waals surface area contributed by atoms with E-state index in [1.165, 1.54) is 12.8 Å². The number of amides is 1. The van der Waals surface area contributed by atoms with Gasteiger partial charge in [0.25, 0.3) is 5.91 Å². The third-order valence-corrected chi connectivity index (χ3v) is 3.87. The Bertz CT molecular complexity index is 490. The van der Waals surface area contributed by atoms with Crippen LogP contribution < -0.4 is 20.1 Å². The molecule has 116 valence electrons. The summed E-state index contributed by atoms with van der Waals surface area (Å²) in [4.78, 5) is 12.3. The average Bonchev–Trinajstić information content (AvgIpc) is 2.51. The fourth-order valence-corrected chi connectivity index (χ4v) is 2.78. The van der Waals surface area contributed by atoms with Crippen LogP contribution in [0.1, 0.15) is 36.5 Å². The highest BCUT2D eigenvalue weighted by Crippen LogP contribution is 2.30. The zero-order chi connectivity index (χ0) is 15.2. The molecule has 1 aromatic rings. The first-order valence-electron chi connectivity index (χ1n) is 7.41. The largest absolute Gasteiger partial charge is 0.493 e. The topological polar surface area (TPSA) is 59.6 Å². The van der Waals surface area contributed by atoms with Crippen molar-refractivity contribution < 1.29 is 14.3 Å². The molecule has 1 fully saturated rings. The van der Waals surface area contributed by atoms with Crippen molar-refractivity contribution in [2.75, 3.05) is 20.8 Å². The number of carbonyl (C=O) groups is 1. The Morgan fingerprint density at radius 1 is 1.33 bits per heavy atom. The zero-order valence-electron chi connectivity index (χ0n) is 12.9. The van der Waals surface area contributed by atoms with E-state index in [0.29, 0.717) is 35.7 Å². The smallest absolute Gasteiger partial charge is 0.255 e. The molecule has 0 spiro atoms. The molecule has 2 rings (SSSR count). The molecule has 2 N–H and O–H groups in total. The first kappa shape index (κ1) is 15.6. The van der Waals surface area contributed by atoms with Gasteiger partial charge in [0.15, 0.2) is 11.5 Å². The van der Waals surface area contributed by atoms with Gasteiger partial charge in [-0.25, -0.2) is 0 Å². The molecular formula is C16H24N2O3. The molecule has 1 aliphatic rings. The molecule has 1 amide bonds. The maximum absolute atomic E-state index is 12.3. The molecule has 1 saturated heterocycles. The normalized spacial score (nSPS) is 21.7. The van der Waals surface area contributed by atoms with Crippen molar-refractivity contribution in [1.29, 1.82) is 0 Å². The van der Waals surface area contributed by atoms with Crippen molar-refractivity contribution in [1.82, 2.24) is 10.6 Å². The lowest BCUT2D eigenvalue weighted by Crippen LogP contribution is -2.47. The highest BCUT2D eigenvalue weighted by molar-refractivity contribution is 5.97. The van der Waals surface area contributed by atoms with Crippen LogP contribution >= 0.6 is 0 Å². The molecule has 1 aromatic carbocycles. The predicted octanol–water partition coefficient (Wildman–Crippen LogP) is 1.96. The minimum Gasteiger partial charge on any atom is -0.493 e. The molecule has 1 aliphatic heterocycles. The van der Waals surface area contributed by atoms with Crippen LogP contribution in [0.5, 0.6) is 11.5 Å². The number of nitrogens with one attached hydrogen (secondary N) is 2. The second-order valence-electron chi connectivity index (χ2n) is 5.45. The van der Waals surface area contributed by atoms with Crippen molar-refractivity contribution in [2.24, 2.45) is 0 Å². The molecule has 0 bridgehead atoms. The summed E-state index contributed by atoms with van der Waals surface area (Å²) in [6, 6.07) is 6.17. The molecule has 0 saturated carbocycles. The van der Waals surface area contributed by atoms with Gasteiger partial charge in [0.1, 0.15) is 0 Å². The number of rotatable bonds is 5. The maximum atomic E-state index is 12.3. The zero-order valence-corrected chi connectivity index (χ0v) is 12.9. The Morgan fingerprint density at radius 3 is 2.81 bits per heavy atom. The summed E-state index contributed by atoms with van der Waals surface area (Å²) in [5, 5.41) is 6.48. The van der Waals surface area contributed by atoms with Crippen LogP contribution in [-0.4, -0.2) is 38.8 Å². The van der Waals surface area contributed by atoms with Gasteiger partial charge in [0.05, 0.1) is 19.8 Å². The molecule has 2 unspecified atom stereocenters. The van der Waals surface area contributed by atoms with E-state index in [2.05, 4.69) is 17.6 Å². The van der Waals surface area contributed by atoms with E-state index in [1.807, 2.05) is 0 Å². The highest BCUT2D eigenvalue weighted by atomic mass is 16.5. The molecular weight excluding hydrogens is 268 g/mol. The third kappa shape index (κ3) is 3.88. The molecule has 5 heteroatoms. The van der Waals surface area contributed by atoms with Gasteiger partial charge in [-0.2, -0.15) is 0 Å². The number of carbonyl (C=O) groups excluding carboxylic acids is 1. The van der Waals surface area contributed by atoms with Gasteiger partial charge in [-0.15, -0.1) is 0 Å². The van der Waals surface area contributed by atoms with E-state index in [0.717, 1.165) is 6.42 Å². The van der Waals surface area contributed by atoms with Gasteiger partial charge < -0.3 is 20.1 Å². The van der Waals surface area contributed by atoms with Crippen LogP contribution in [0, 0.1) is 0 Å². The molecule has 0 aromatic heterocycles. The van der Waals surface area contributed by atoms with Crippen molar-refractivity contribution in [3.05, 3.63) is 23.8 Å². The predicted molar refractivity (Wildman–Crippen MR) is 82.1 cm³/mol. The van der Waals surface area contributed by atoms with E-state index in [9.17, 15) is 4.79 Å². The van der Waals surface area contributed by atoms with E-state index in [4.69, 9.17) is 9.47 Å². The quantitative estimate of drug-likeness (QED) is 0.871. The second kappa shape index (κ2) is 7.31. The highest BCUT2D eigenvalue weighted by Gasteiger charge is 2.20. The summed E-state index contributed by atoms with van der Waals surface area (Å²) in [6.07, 6.45) is 3.51. The maximum Gasteiger partial charge on any atom is 0.255 e. The van der Waals surface area contributed by atoms with Crippen molar-refractivity contribution in [3.8, 4) is 11.5 Å². The fourth-order valence-electron chi connectivity index (χ4n) is 2.78. The Labute approximate surface area is 126 Å². The van der Waals surface area contributed by atoms with Gasteiger partial charge in [0, 0.05) is 18.6 Å². The van der Waals surface area contributed by atoms with Crippen molar-refractivity contribution in [3.63, 3.8) is 0 Å². The molecule has 0 aliphatic carbocycles. The summed E-state index contributed by atoms with van der Waals surface area (Å²) in [5.74, 6) is 0.905.